The van der Waals surface area contributed by atoms with Crippen LogP contribution in [-0.2, 0) is 12.8 Å². The van der Waals surface area contributed by atoms with Gasteiger partial charge in [-0.25, -0.2) is 0 Å². The van der Waals surface area contributed by atoms with Gasteiger partial charge in [0, 0.05) is 25.3 Å². The molecule has 0 saturated carbocycles. The summed E-state index contributed by atoms with van der Waals surface area (Å²) in [6.45, 7) is 3.29. The number of nitrogens with one attached hydrogen (secondary N) is 1. The molecule has 0 spiro atoms. The average Bonchev–Trinajstić information content (AvgIpc) is 2.57. The maximum Gasteiger partial charge on any atom is 0.0452 e. The summed E-state index contributed by atoms with van der Waals surface area (Å²) in [6, 6.07) is 7.32. The summed E-state index contributed by atoms with van der Waals surface area (Å²) in [5, 5.41) is 3.27. The molecule has 0 radical (unpaired) electrons. The number of likely N-dealkylation sites (N-methyl/N-ethyl adjacent to an activating group) is 2. The summed E-state index contributed by atoms with van der Waals surface area (Å²) in [4.78, 5) is 2.44. The molecule has 1 N–H and O–H groups in total. The largest absolute Gasteiger partial charge is 0.370 e. The first-order valence-corrected chi connectivity index (χ1v) is 5.76. The molecule has 0 aromatic heterocycles. The van der Waals surface area contributed by atoms with Crippen molar-refractivity contribution in [3.8, 4) is 0 Å². The molecular formula is C13H20N2. The first-order valence-electron chi connectivity index (χ1n) is 5.76. The van der Waals surface area contributed by atoms with Gasteiger partial charge in [-0.2, -0.15) is 0 Å². The van der Waals surface area contributed by atoms with Crippen LogP contribution in [0, 0.1) is 0 Å². The van der Waals surface area contributed by atoms with Crippen LogP contribution in [-0.4, -0.2) is 26.7 Å². The van der Waals surface area contributed by atoms with E-state index < -0.39 is 0 Å². The van der Waals surface area contributed by atoms with Crippen LogP contribution in [0.25, 0.3) is 0 Å². The van der Waals surface area contributed by atoms with E-state index in [4.69, 9.17) is 0 Å². The highest BCUT2D eigenvalue weighted by Crippen LogP contribution is 2.34. The zero-order valence-corrected chi connectivity index (χ0v) is 9.88. The van der Waals surface area contributed by atoms with Gasteiger partial charge in [-0.1, -0.05) is 25.1 Å². The first kappa shape index (κ1) is 10.5. The standard InChI is InChI=1S/C13H20N2/c1-4-10-6-5-7-11-8-12(9-14-2)15(3)13(10)11/h5-7,12,14H,4,8-9H2,1-3H3. The molecule has 1 aromatic rings. The Hall–Kier alpha value is -1.02. The summed E-state index contributed by atoms with van der Waals surface area (Å²) in [5.41, 5.74) is 4.46. The van der Waals surface area contributed by atoms with E-state index in [0.717, 1.165) is 13.0 Å². The molecule has 0 aliphatic carbocycles. The molecule has 1 aliphatic heterocycles. The summed E-state index contributed by atoms with van der Waals surface area (Å²) in [6.07, 6.45) is 2.31. The number of fused-ring (bicyclic) bond motifs is 1. The Kier molecular flexibility index (Phi) is 2.96. The third kappa shape index (κ3) is 1.74. The number of rotatable bonds is 3. The van der Waals surface area contributed by atoms with Crippen LogP contribution in [0.1, 0.15) is 18.1 Å². The van der Waals surface area contributed by atoms with Crippen molar-refractivity contribution in [3.63, 3.8) is 0 Å². The maximum atomic E-state index is 3.27. The van der Waals surface area contributed by atoms with Gasteiger partial charge in [-0.15, -0.1) is 0 Å². The van der Waals surface area contributed by atoms with Gasteiger partial charge in [0.2, 0.25) is 0 Å². The fraction of sp³-hybridized carbons (Fsp3) is 0.538. The average molecular weight is 204 g/mol. The number of hydrogen-bond acceptors (Lipinski definition) is 2. The lowest BCUT2D eigenvalue weighted by Gasteiger charge is -2.23. The minimum absolute atomic E-state index is 0.623. The topological polar surface area (TPSA) is 15.3 Å². The van der Waals surface area contributed by atoms with Crippen LogP contribution in [0.3, 0.4) is 0 Å². The van der Waals surface area contributed by atoms with Crippen LogP contribution in [0.2, 0.25) is 0 Å². The van der Waals surface area contributed by atoms with E-state index in [1.807, 2.05) is 7.05 Å². The van der Waals surface area contributed by atoms with Crippen LogP contribution < -0.4 is 10.2 Å². The van der Waals surface area contributed by atoms with Crippen LogP contribution in [0.15, 0.2) is 18.2 Å². The van der Waals surface area contributed by atoms with Crippen molar-refractivity contribution in [2.24, 2.45) is 0 Å². The third-order valence-electron chi connectivity index (χ3n) is 3.38. The van der Waals surface area contributed by atoms with Gasteiger partial charge in [-0.3, -0.25) is 0 Å². The zero-order chi connectivity index (χ0) is 10.8. The first-order chi connectivity index (χ1) is 7.27. The van der Waals surface area contributed by atoms with Crippen molar-refractivity contribution in [1.29, 1.82) is 0 Å². The quantitative estimate of drug-likeness (QED) is 0.808. The van der Waals surface area contributed by atoms with E-state index in [0.29, 0.717) is 6.04 Å². The number of para-hydroxylation sites is 1. The van der Waals surface area contributed by atoms with Crippen LogP contribution in [0.5, 0.6) is 0 Å². The molecule has 0 fully saturated rings. The van der Waals surface area contributed by atoms with Gasteiger partial charge < -0.3 is 10.2 Å². The Balaban J connectivity index is 2.32. The molecule has 82 valence electrons. The van der Waals surface area contributed by atoms with Gasteiger partial charge in [0.15, 0.2) is 0 Å². The monoisotopic (exact) mass is 204 g/mol. The molecule has 1 unspecified atom stereocenters. The molecule has 1 heterocycles. The molecule has 1 aliphatic rings. The molecule has 1 aromatic carbocycles. The van der Waals surface area contributed by atoms with Crippen molar-refractivity contribution in [2.75, 3.05) is 25.5 Å². The Morgan fingerprint density at radius 3 is 2.93 bits per heavy atom. The maximum absolute atomic E-state index is 3.27. The number of anilines is 1. The molecule has 1 atom stereocenters. The van der Waals surface area contributed by atoms with Gasteiger partial charge in [-0.05, 0) is 31.0 Å². The van der Waals surface area contributed by atoms with E-state index in [9.17, 15) is 0 Å². The molecule has 0 amide bonds. The summed E-state index contributed by atoms with van der Waals surface area (Å²) < 4.78 is 0. The Morgan fingerprint density at radius 2 is 2.27 bits per heavy atom. The number of aryl methyl sites for hydroxylation is 1. The Labute approximate surface area is 92.3 Å². The second kappa shape index (κ2) is 4.23. The number of nitrogens with zero attached hydrogens (tertiary/aromatic N) is 1. The van der Waals surface area contributed by atoms with Gasteiger partial charge in [0.1, 0.15) is 0 Å². The van der Waals surface area contributed by atoms with Crippen LogP contribution >= 0.6 is 0 Å². The van der Waals surface area contributed by atoms with Crippen molar-refractivity contribution in [1.82, 2.24) is 5.32 Å². The van der Waals surface area contributed by atoms with E-state index in [1.54, 1.807) is 0 Å². The fourth-order valence-electron chi connectivity index (χ4n) is 2.57. The lowest BCUT2D eigenvalue weighted by molar-refractivity contribution is 0.613. The van der Waals surface area contributed by atoms with E-state index in [-0.39, 0.29) is 0 Å². The highest BCUT2D eigenvalue weighted by atomic mass is 15.2. The predicted octanol–water partition coefficient (Wildman–Crippen LogP) is 1.83. The minimum atomic E-state index is 0.623. The van der Waals surface area contributed by atoms with Crippen molar-refractivity contribution >= 4 is 5.69 Å². The van der Waals surface area contributed by atoms with Crippen molar-refractivity contribution < 1.29 is 0 Å². The highest BCUT2D eigenvalue weighted by Gasteiger charge is 2.27. The molecule has 15 heavy (non-hydrogen) atoms. The summed E-state index contributed by atoms with van der Waals surface area (Å²) in [7, 11) is 4.24. The molecule has 2 rings (SSSR count). The molecule has 0 bridgehead atoms. The Morgan fingerprint density at radius 1 is 1.47 bits per heavy atom. The van der Waals surface area contributed by atoms with Gasteiger partial charge in [0.05, 0.1) is 0 Å². The Bertz CT molecular complexity index is 346. The summed E-state index contributed by atoms with van der Waals surface area (Å²) in [5.74, 6) is 0. The number of hydrogen-bond donors (Lipinski definition) is 1. The molecular weight excluding hydrogens is 184 g/mol. The SMILES string of the molecule is CCc1cccc2c1N(C)C(CNC)C2. The fourth-order valence-corrected chi connectivity index (χ4v) is 2.57. The smallest absolute Gasteiger partial charge is 0.0452 e. The van der Waals surface area contributed by atoms with Crippen molar-refractivity contribution in [3.05, 3.63) is 29.3 Å². The molecule has 2 nitrogen and oxygen atoms in total. The van der Waals surface area contributed by atoms with E-state index in [2.05, 4.69) is 42.4 Å². The molecule has 2 heteroatoms. The van der Waals surface area contributed by atoms with Crippen molar-refractivity contribution in [2.45, 2.75) is 25.8 Å². The normalized spacial score (nSPS) is 19.4. The summed E-state index contributed by atoms with van der Waals surface area (Å²) >= 11 is 0. The van der Waals surface area contributed by atoms with E-state index >= 15 is 0 Å². The third-order valence-corrected chi connectivity index (χ3v) is 3.38. The second-order valence-corrected chi connectivity index (χ2v) is 4.30. The van der Waals surface area contributed by atoms with E-state index in [1.165, 1.54) is 23.2 Å². The number of benzene rings is 1. The predicted molar refractivity (Wildman–Crippen MR) is 65.6 cm³/mol. The molecule has 0 saturated heterocycles. The minimum Gasteiger partial charge on any atom is -0.370 e. The lowest BCUT2D eigenvalue weighted by atomic mass is 10.0. The second-order valence-electron chi connectivity index (χ2n) is 4.30. The highest BCUT2D eigenvalue weighted by molar-refractivity contribution is 5.64. The zero-order valence-electron chi connectivity index (χ0n) is 9.88. The lowest BCUT2D eigenvalue weighted by Crippen LogP contribution is -2.36. The van der Waals surface area contributed by atoms with Gasteiger partial charge >= 0.3 is 0 Å². The van der Waals surface area contributed by atoms with Gasteiger partial charge in [0.25, 0.3) is 0 Å². The van der Waals surface area contributed by atoms with Crippen LogP contribution in [0.4, 0.5) is 5.69 Å².